The Morgan fingerprint density at radius 1 is 1.40 bits per heavy atom. The summed E-state index contributed by atoms with van der Waals surface area (Å²) in [5.41, 5.74) is 2.50. The van der Waals surface area contributed by atoms with Crippen molar-refractivity contribution in [1.82, 2.24) is 4.72 Å². The minimum atomic E-state index is -3.08. The summed E-state index contributed by atoms with van der Waals surface area (Å²) in [6.07, 6.45) is 1.71. The van der Waals surface area contributed by atoms with Gasteiger partial charge in [0.15, 0.2) is 0 Å². The number of sulfonamides is 1. The maximum absolute atomic E-state index is 11.7. The normalized spacial score (nSPS) is 19.5. The number of rotatable bonds is 6. The van der Waals surface area contributed by atoms with Crippen molar-refractivity contribution in [2.45, 2.75) is 26.7 Å². The Labute approximate surface area is 122 Å². The molecule has 0 bridgehead atoms. The number of anilines is 1. The molecule has 1 aliphatic rings. The maximum Gasteiger partial charge on any atom is 0.211 e. The first-order valence-corrected chi connectivity index (χ1v) is 8.94. The minimum Gasteiger partial charge on any atom is -0.371 e. The zero-order chi connectivity index (χ0) is 14.6. The molecule has 1 aromatic carbocycles. The average Bonchev–Trinajstić information content (AvgIpc) is 2.85. The van der Waals surface area contributed by atoms with Crippen molar-refractivity contribution in [2.24, 2.45) is 5.92 Å². The molecule has 0 amide bonds. The molecular formula is C15H24N2O2S. The highest BCUT2D eigenvalue weighted by molar-refractivity contribution is 7.89. The molecule has 0 aromatic heterocycles. The van der Waals surface area contributed by atoms with Crippen molar-refractivity contribution in [1.29, 1.82) is 0 Å². The molecule has 1 heterocycles. The van der Waals surface area contributed by atoms with Crippen LogP contribution >= 0.6 is 0 Å². The zero-order valence-electron chi connectivity index (χ0n) is 12.3. The zero-order valence-corrected chi connectivity index (χ0v) is 13.1. The lowest BCUT2D eigenvalue weighted by Gasteiger charge is -2.19. The van der Waals surface area contributed by atoms with E-state index in [4.69, 9.17) is 0 Å². The lowest BCUT2D eigenvalue weighted by molar-refractivity contribution is 0.541. The molecule has 5 heteroatoms. The van der Waals surface area contributed by atoms with Crippen molar-refractivity contribution in [3.05, 3.63) is 29.8 Å². The van der Waals surface area contributed by atoms with Gasteiger partial charge < -0.3 is 4.90 Å². The van der Waals surface area contributed by atoms with Crippen molar-refractivity contribution < 1.29 is 8.42 Å². The van der Waals surface area contributed by atoms with Crippen LogP contribution in [0, 0.1) is 12.8 Å². The van der Waals surface area contributed by atoms with Gasteiger partial charge in [0, 0.05) is 25.3 Å². The number of hydrogen-bond acceptors (Lipinski definition) is 3. The van der Waals surface area contributed by atoms with Gasteiger partial charge in [0.05, 0.1) is 5.75 Å². The fraction of sp³-hybridized carbons (Fsp3) is 0.600. The molecule has 0 radical (unpaired) electrons. The molecule has 1 atom stereocenters. The van der Waals surface area contributed by atoms with E-state index in [0.29, 0.717) is 18.9 Å². The molecule has 0 spiro atoms. The Hall–Kier alpha value is -1.07. The SMILES string of the molecule is CCCS(=O)(=O)NCC1CCN(c2cccc(C)c2)C1. The third-order valence-electron chi connectivity index (χ3n) is 3.72. The Morgan fingerprint density at radius 2 is 2.20 bits per heavy atom. The van der Waals surface area contributed by atoms with Gasteiger partial charge in [-0.1, -0.05) is 19.1 Å². The van der Waals surface area contributed by atoms with Gasteiger partial charge in [-0.05, 0) is 43.4 Å². The van der Waals surface area contributed by atoms with Gasteiger partial charge in [0.2, 0.25) is 10.0 Å². The van der Waals surface area contributed by atoms with E-state index in [2.05, 4.69) is 40.8 Å². The molecule has 0 aliphatic carbocycles. The van der Waals surface area contributed by atoms with Crippen LogP contribution in [0.15, 0.2) is 24.3 Å². The molecular weight excluding hydrogens is 272 g/mol. The van der Waals surface area contributed by atoms with E-state index >= 15 is 0 Å². The van der Waals surface area contributed by atoms with E-state index in [0.717, 1.165) is 19.5 Å². The Bertz CT molecular complexity index is 543. The third-order valence-corrected chi connectivity index (χ3v) is 5.27. The van der Waals surface area contributed by atoms with E-state index < -0.39 is 10.0 Å². The molecule has 1 saturated heterocycles. The standard InChI is InChI=1S/C15H24N2O2S/c1-3-9-20(18,19)16-11-14-7-8-17(12-14)15-6-4-5-13(2)10-15/h4-6,10,14,16H,3,7-9,11-12H2,1-2H3. The molecule has 1 fully saturated rings. The quantitative estimate of drug-likeness (QED) is 0.875. The number of aryl methyl sites for hydroxylation is 1. The molecule has 20 heavy (non-hydrogen) atoms. The summed E-state index contributed by atoms with van der Waals surface area (Å²) in [5.74, 6) is 0.628. The molecule has 1 aromatic rings. The molecule has 1 N–H and O–H groups in total. The van der Waals surface area contributed by atoms with Crippen LogP contribution in [0.2, 0.25) is 0 Å². The largest absolute Gasteiger partial charge is 0.371 e. The summed E-state index contributed by atoms with van der Waals surface area (Å²) < 4.78 is 26.0. The van der Waals surface area contributed by atoms with Crippen LogP contribution in [0.3, 0.4) is 0 Å². The van der Waals surface area contributed by atoms with Gasteiger partial charge >= 0.3 is 0 Å². The van der Waals surface area contributed by atoms with Gasteiger partial charge in [-0.2, -0.15) is 0 Å². The predicted molar refractivity (Wildman–Crippen MR) is 83.6 cm³/mol. The van der Waals surface area contributed by atoms with Crippen LogP contribution in [0.5, 0.6) is 0 Å². The Kier molecular flexibility index (Phi) is 5.05. The maximum atomic E-state index is 11.7. The monoisotopic (exact) mass is 296 g/mol. The fourth-order valence-corrected chi connectivity index (χ4v) is 3.82. The number of nitrogens with zero attached hydrogens (tertiary/aromatic N) is 1. The Morgan fingerprint density at radius 3 is 2.90 bits per heavy atom. The molecule has 112 valence electrons. The second kappa shape index (κ2) is 6.59. The van der Waals surface area contributed by atoms with Gasteiger partial charge in [-0.3, -0.25) is 0 Å². The van der Waals surface area contributed by atoms with Crippen LogP contribution in [0.1, 0.15) is 25.3 Å². The summed E-state index contributed by atoms with van der Waals surface area (Å²) in [4.78, 5) is 2.34. The van der Waals surface area contributed by atoms with E-state index in [1.165, 1.54) is 11.3 Å². The second-order valence-electron chi connectivity index (χ2n) is 5.61. The van der Waals surface area contributed by atoms with Crippen LogP contribution in [-0.2, 0) is 10.0 Å². The number of hydrogen-bond donors (Lipinski definition) is 1. The second-order valence-corrected chi connectivity index (χ2v) is 7.53. The first-order chi connectivity index (χ1) is 9.50. The van der Waals surface area contributed by atoms with Crippen LogP contribution in [0.25, 0.3) is 0 Å². The smallest absolute Gasteiger partial charge is 0.211 e. The van der Waals surface area contributed by atoms with Gasteiger partial charge in [0.25, 0.3) is 0 Å². The highest BCUT2D eigenvalue weighted by Crippen LogP contribution is 2.24. The number of benzene rings is 1. The summed E-state index contributed by atoms with van der Waals surface area (Å²) in [5, 5.41) is 0. The number of nitrogens with one attached hydrogen (secondary N) is 1. The molecule has 4 nitrogen and oxygen atoms in total. The predicted octanol–water partition coefficient (Wildman–Crippen LogP) is 2.15. The van der Waals surface area contributed by atoms with Crippen molar-refractivity contribution in [3.63, 3.8) is 0 Å². The lowest BCUT2D eigenvalue weighted by atomic mass is 10.1. The van der Waals surface area contributed by atoms with Crippen molar-refractivity contribution >= 4 is 15.7 Å². The van der Waals surface area contributed by atoms with Gasteiger partial charge in [-0.15, -0.1) is 0 Å². The Balaban J connectivity index is 1.87. The van der Waals surface area contributed by atoms with Crippen LogP contribution < -0.4 is 9.62 Å². The average molecular weight is 296 g/mol. The van der Waals surface area contributed by atoms with Crippen molar-refractivity contribution in [2.75, 3.05) is 30.3 Å². The van der Waals surface area contributed by atoms with Crippen LogP contribution in [0.4, 0.5) is 5.69 Å². The summed E-state index contributed by atoms with van der Waals surface area (Å²) in [6.45, 7) is 6.47. The van der Waals surface area contributed by atoms with E-state index in [1.54, 1.807) is 0 Å². The summed E-state index contributed by atoms with van der Waals surface area (Å²) in [6, 6.07) is 8.47. The summed E-state index contributed by atoms with van der Waals surface area (Å²) >= 11 is 0. The molecule has 2 rings (SSSR count). The van der Waals surface area contributed by atoms with Crippen LogP contribution in [-0.4, -0.2) is 33.8 Å². The van der Waals surface area contributed by atoms with E-state index in [-0.39, 0.29) is 5.75 Å². The molecule has 0 saturated carbocycles. The van der Waals surface area contributed by atoms with Gasteiger partial charge in [0.1, 0.15) is 0 Å². The van der Waals surface area contributed by atoms with Gasteiger partial charge in [-0.25, -0.2) is 13.1 Å². The minimum absolute atomic E-state index is 0.224. The highest BCUT2D eigenvalue weighted by atomic mass is 32.2. The van der Waals surface area contributed by atoms with E-state index in [9.17, 15) is 8.42 Å². The summed E-state index contributed by atoms with van der Waals surface area (Å²) in [7, 11) is -3.08. The fourth-order valence-electron chi connectivity index (χ4n) is 2.64. The highest BCUT2D eigenvalue weighted by Gasteiger charge is 2.24. The van der Waals surface area contributed by atoms with E-state index in [1.807, 2.05) is 6.92 Å². The first kappa shape index (κ1) is 15.3. The third kappa shape index (κ3) is 4.21. The lowest BCUT2D eigenvalue weighted by Crippen LogP contribution is -2.32. The topological polar surface area (TPSA) is 49.4 Å². The first-order valence-electron chi connectivity index (χ1n) is 7.29. The van der Waals surface area contributed by atoms with Crippen molar-refractivity contribution in [3.8, 4) is 0 Å². The molecule has 1 aliphatic heterocycles. The molecule has 1 unspecified atom stereocenters.